The van der Waals surface area contributed by atoms with Crippen molar-refractivity contribution in [3.63, 3.8) is 0 Å². The molecule has 0 amide bonds. The van der Waals surface area contributed by atoms with Crippen molar-refractivity contribution in [3.8, 4) is 0 Å². The molecule has 1 aromatic carbocycles. The Morgan fingerprint density at radius 3 is 2.71 bits per heavy atom. The monoisotopic (exact) mass is 418 g/mol. The van der Waals surface area contributed by atoms with Gasteiger partial charge in [-0.05, 0) is 50.7 Å². The van der Waals surface area contributed by atoms with Gasteiger partial charge in [-0.15, -0.1) is 10.2 Å². The predicted molar refractivity (Wildman–Crippen MR) is 115 cm³/mol. The van der Waals surface area contributed by atoms with E-state index in [4.69, 9.17) is 16.0 Å². The summed E-state index contributed by atoms with van der Waals surface area (Å²) in [5, 5.41) is 10.4. The second kappa shape index (κ2) is 9.63. The average molecular weight is 419 g/mol. The zero-order valence-corrected chi connectivity index (χ0v) is 18.4. The summed E-state index contributed by atoms with van der Waals surface area (Å²) in [5.41, 5.74) is 1.11. The van der Waals surface area contributed by atoms with Crippen molar-refractivity contribution in [1.29, 1.82) is 0 Å². The fourth-order valence-electron chi connectivity index (χ4n) is 2.96. The van der Waals surface area contributed by atoms with Crippen LogP contribution < -0.4 is 0 Å². The van der Waals surface area contributed by atoms with E-state index in [1.807, 2.05) is 44.3 Å². The van der Waals surface area contributed by atoms with Gasteiger partial charge in [-0.3, -0.25) is 4.90 Å². The average Bonchev–Trinajstić information content (AvgIpc) is 3.26. The van der Waals surface area contributed by atoms with Crippen LogP contribution in [0.25, 0.3) is 0 Å². The van der Waals surface area contributed by atoms with Gasteiger partial charge in [0.2, 0.25) is 0 Å². The third-order valence-corrected chi connectivity index (χ3v) is 6.28. The summed E-state index contributed by atoms with van der Waals surface area (Å²) in [6.45, 7) is 5.92. The second-order valence-electron chi connectivity index (χ2n) is 7.21. The number of halogens is 1. The molecule has 150 valence electrons. The van der Waals surface area contributed by atoms with Gasteiger partial charge in [0.25, 0.3) is 0 Å². The highest BCUT2D eigenvalue weighted by Gasteiger charge is 2.14. The summed E-state index contributed by atoms with van der Waals surface area (Å²) in [7, 11) is 4.14. The SMILES string of the molecule is Cc1ccc(C(C)CCN(C)Cc2nnc(SCc3ccccc3Cl)n2C)o1. The fraction of sp³-hybridized carbons (Fsp3) is 0.429. The Labute approximate surface area is 176 Å². The maximum Gasteiger partial charge on any atom is 0.191 e. The lowest BCUT2D eigenvalue weighted by Gasteiger charge is -2.18. The maximum absolute atomic E-state index is 6.24. The van der Waals surface area contributed by atoms with Crippen molar-refractivity contribution in [1.82, 2.24) is 19.7 Å². The molecule has 0 aliphatic carbocycles. The van der Waals surface area contributed by atoms with Crippen molar-refractivity contribution in [2.24, 2.45) is 7.05 Å². The van der Waals surface area contributed by atoms with E-state index in [0.29, 0.717) is 5.92 Å². The number of thioether (sulfide) groups is 1. The predicted octanol–water partition coefficient (Wildman–Crippen LogP) is 5.29. The number of furan rings is 1. The summed E-state index contributed by atoms with van der Waals surface area (Å²) in [5.74, 6) is 4.17. The minimum absolute atomic E-state index is 0.400. The number of rotatable bonds is 9. The Bertz CT molecular complexity index is 907. The maximum atomic E-state index is 6.24. The van der Waals surface area contributed by atoms with E-state index in [0.717, 1.165) is 58.4 Å². The minimum atomic E-state index is 0.400. The van der Waals surface area contributed by atoms with Crippen LogP contribution in [0.15, 0.2) is 46.0 Å². The number of hydrogen-bond acceptors (Lipinski definition) is 5. The van der Waals surface area contributed by atoms with Gasteiger partial charge in [0.1, 0.15) is 17.3 Å². The second-order valence-corrected chi connectivity index (χ2v) is 8.56. The standard InChI is InChI=1S/C21H27ClN4OS/c1-15(19-10-9-16(2)27-19)11-12-25(3)13-20-23-24-21(26(20)4)28-14-17-7-5-6-8-18(17)22/h5-10,15H,11-14H2,1-4H3. The first-order valence-electron chi connectivity index (χ1n) is 9.43. The molecule has 0 fully saturated rings. The molecule has 2 aromatic heterocycles. The van der Waals surface area contributed by atoms with Gasteiger partial charge in [-0.25, -0.2) is 0 Å². The molecular formula is C21H27ClN4OS. The van der Waals surface area contributed by atoms with Crippen LogP contribution >= 0.6 is 23.4 Å². The number of aryl methyl sites for hydroxylation is 1. The summed E-state index contributed by atoms with van der Waals surface area (Å²) >= 11 is 7.89. The Hall–Kier alpha value is -1.76. The Morgan fingerprint density at radius 2 is 2.00 bits per heavy atom. The van der Waals surface area contributed by atoms with Crippen LogP contribution in [0.3, 0.4) is 0 Å². The number of benzene rings is 1. The van der Waals surface area contributed by atoms with Gasteiger partial charge in [-0.2, -0.15) is 0 Å². The molecule has 0 N–H and O–H groups in total. The van der Waals surface area contributed by atoms with Crippen LogP contribution in [0.5, 0.6) is 0 Å². The van der Waals surface area contributed by atoms with Crippen LogP contribution in [-0.2, 0) is 19.3 Å². The molecule has 0 saturated heterocycles. The largest absolute Gasteiger partial charge is 0.466 e. The highest BCUT2D eigenvalue weighted by molar-refractivity contribution is 7.98. The smallest absolute Gasteiger partial charge is 0.191 e. The van der Waals surface area contributed by atoms with Crippen LogP contribution in [0.4, 0.5) is 0 Å². The van der Waals surface area contributed by atoms with Gasteiger partial charge in [0.15, 0.2) is 5.16 Å². The van der Waals surface area contributed by atoms with Crippen LogP contribution in [0.2, 0.25) is 5.02 Å². The van der Waals surface area contributed by atoms with Gasteiger partial charge < -0.3 is 8.98 Å². The molecule has 2 heterocycles. The molecule has 0 aliphatic heterocycles. The van der Waals surface area contributed by atoms with Gasteiger partial charge in [-0.1, -0.05) is 48.5 Å². The molecule has 3 aromatic rings. The molecule has 0 spiro atoms. The minimum Gasteiger partial charge on any atom is -0.466 e. The number of nitrogens with zero attached hydrogens (tertiary/aromatic N) is 4. The normalized spacial score (nSPS) is 12.6. The molecule has 0 bridgehead atoms. The summed E-state index contributed by atoms with van der Waals surface area (Å²) in [6, 6.07) is 12.0. The zero-order chi connectivity index (χ0) is 20.1. The lowest BCUT2D eigenvalue weighted by Crippen LogP contribution is -2.22. The number of aromatic nitrogens is 3. The molecule has 3 rings (SSSR count). The highest BCUT2D eigenvalue weighted by atomic mass is 35.5. The molecule has 0 saturated carbocycles. The molecular weight excluding hydrogens is 392 g/mol. The Balaban J connectivity index is 1.51. The van der Waals surface area contributed by atoms with Crippen LogP contribution in [0.1, 0.15) is 42.2 Å². The molecule has 28 heavy (non-hydrogen) atoms. The molecule has 1 unspecified atom stereocenters. The third-order valence-electron chi connectivity index (χ3n) is 4.84. The van der Waals surface area contributed by atoms with E-state index in [2.05, 4.69) is 39.7 Å². The molecule has 0 aliphatic rings. The first-order valence-corrected chi connectivity index (χ1v) is 10.8. The quantitative estimate of drug-likeness (QED) is 0.442. The van der Waals surface area contributed by atoms with E-state index in [-0.39, 0.29) is 0 Å². The van der Waals surface area contributed by atoms with E-state index >= 15 is 0 Å². The van der Waals surface area contributed by atoms with E-state index in [9.17, 15) is 0 Å². The van der Waals surface area contributed by atoms with E-state index < -0.39 is 0 Å². The first kappa shape index (κ1) is 21.0. The Morgan fingerprint density at radius 1 is 1.21 bits per heavy atom. The summed E-state index contributed by atoms with van der Waals surface area (Å²) in [6.07, 6.45) is 1.04. The Kier molecular flexibility index (Phi) is 7.21. The van der Waals surface area contributed by atoms with Crippen LogP contribution in [-0.4, -0.2) is 33.3 Å². The molecule has 0 radical (unpaired) electrons. The lowest BCUT2D eigenvalue weighted by molar-refractivity contribution is 0.294. The topological polar surface area (TPSA) is 47.1 Å². The number of hydrogen-bond donors (Lipinski definition) is 0. The molecule has 1 atom stereocenters. The zero-order valence-electron chi connectivity index (χ0n) is 16.9. The summed E-state index contributed by atoms with van der Waals surface area (Å²) < 4.78 is 7.80. The van der Waals surface area contributed by atoms with Crippen LogP contribution in [0, 0.1) is 6.92 Å². The van der Waals surface area contributed by atoms with Crippen molar-refractivity contribution in [3.05, 3.63) is 64.3 Å². The van der Waals surface area contributed by atoms with Crippen molar-refractivity contribution < 1.29 is 4.42 Å². The van der Waals surface area contributed by atoms with Gasteiger partial charge in [0.05, 0.1) is 6.54 Å². The van der Waals surface area contributed by atoms with Crippen molar-refractivity contribution >= 4 is 23.4 Å². The van der Waals surface area contributed by atoms with Gasteiger partial charge in [0, 0.05) is 23.7 Å². The highest BCUT2D eigenvalue weighted by Crippen LogP contribution is 2.26. The fourth-order valence-corrected chi connectivity index (χ4v) is 4.18. The molecule has 7 heteroatoms. The van der Waals surface area contributed by atoms with E-state index in [1.165, 1.54) is 0 Å². The summed E-state index contributed by atoms with van der Waals surface area (Å²) in [4.78, 5) is 2.28. The first-order chi connectivity index (χ1) is 13.4. The van der Waals surface area contributed by atoms with Crippen molar-refractivity contribution in [2.75, 3.05) is 13.6 Å². The van der Waals surface area contributed by atoms with Crippen molar-refractivity contribution in [2.45, 2.75) is 43.6 Å². The molecule has 5 nitrogen and oxygen atoms in total. The van der Waals surface area contributed by atoms with E-state index in [1.54, 1.807) is 11.8 Å². The lowest BCUT2D eigenvalue weighted by atomic mass is 10.1. The third kappa shape index (κ3) is 5.40. The van der Waals surface area contributed by atoms with Gasteiger partial charge >= 0.3 is 0 Å².